The molecule has 0 bridgehead atoms. The van der Waals surface area contributed by atoms with E-state index in [9.17, 15) is 26.3 Å². The predicted molar refractivity (Wildman–Crippen MR) is 74.1 cm³/mol. The van der Waals surface area contributed by atoms with Crippen LogP contribution in [0.25, 0.3) is 11.1 Å². The van der Waals surface area contributed by atoms with Gasteiger partial charge in [0.2, 0.25) is 0 Å². The summed E-state index contributed by atoms with van der Waals surface area (Å²) in [4.78, 5) is 0. The topological polar surface area (TPSA) is 70.5 Å². The van der Waals surface area contributed by atoms with Crippen LogP contribution in [0.5, 0.6) is 11.5 Å². The lowest BCUT2D eigenvalue weighted by molar-refractivity contribution is -0.276. The largest absolute Gasteiger partial charge is 0.573 e. The predicted octanol–water partition coefficient (Wildman–Crippen LogP) is 4.32. The Labute approximate surface area is 131 Å². The number of benzene rings is 2. The highest BCUT2D eigenvalue weighted by atomic mass is 19.4. The third-order valence-electron chi connectivity index (χ3n) is 2.85. The Bertz CT molecular complexity index is 743. The summed E-state index contributed by atoms with van der Waals surface area (Å²) in [7, 11) is 0. The van der Waals surface area contributed by atoms with Crippen molar-refractivity contribution in [3.63, 3.8) is 0 Å². The van der Waals surface area contributed by atoms with Gasteiger partial charge in [0, 0.05) is 11.1 Å². The third-order valence-corrected chi connectivity index (χ3v) is 2.85. The minimum atomic E-state index is -5.11. The van der Waals surface area contributed by atoms with Gasteiger partial charge in [0.05, 0.1) is 11.4 Å². The van der Waals surface area contributed by atoms with E-state index in [2.05, 4.69) is 9.47 Å². The van der Waals surface area contributed by atoms with Crippen molar-refractivity contribution in [1.29, 1.82) is 0 Å². The molecule has 2 aromatic carbocycles. The highest BCUT2D eigenvalue weighted by Gasteiger charge is 2.35. The van der Waals surface area contributed by atoms with Crippen LogP contribution in [-0.2, 0) is 0 Å². The molecule has 4 nitrogen and oxygen atoms in total. The van der Waals surface area contributed by atoms with Gasteiger partial charge >= 0.3 is 12.7 Å². The van der Waals surface area contributed by atoms with Gasteiger partial charge in [0.25, 0.3) is 0 Å². The maximum Gasteiger partial charge on any atom is 0.573 e. The maximum absolute atomic E-state index is 12.6. The number of para-hydroxylation sites is 1. The van der Waals surface area contributed by atoms with Crippen LogP contribution in [0.3, 0.4) is 0 Å². The molecule has 0 aliphatic rings. The van der Waals surface area contributed by atoms with Crippen LogP contribution in [0.2, 0.25) is 0 Å². The fourth-order valence-electron chi connectivity index (χ4n) is 1.96. The Hall–Kier alpha value is -2.78. The van der Waals surface area contributed by atoms with Gasteiger partial charge in [0.15, 0.2) is 5.75 Å². The summed E-state index contributed by atoms with van der Waals surface area (Å²) in [5.74, 6) is -1.61. The second-order valence-corrected chi connectivity index (χ2v) is 4.54. The van der Waals surface area contributed by atoms with Gasteiger partial charge in [-0.05, 0) is 18.2 Å². The Morgan fingerprint density at radius 3 is 1.88 bits per heavy atom. The zero-order valence-electron chi connectivity index (χ0n) is 11.7. The zero-order chi connectivity index (χ0) is 18.1. The summed E-state index contributed by atoms with van der Waals surface area (Å²) in [6.45, 7) is 0. The second-order valence-electron chi connectivity index (χ2n) is 4.54. The van der Waals surface area contributed by atoms with Crippen molar-refractivity contribution in [2.75, 3.05) is 11.5 Å². The van der Waals surface area contributed by atoms with E-state index >= 15 is 0 Å². The smallest absolute Gasteiger partial charge is 0.405 e. The fraction of sp³-hybridized carbons (Fsp3) is 0.143. The number of nitrogens with two attached hydrogens (primary N) is 2. The molecule has 0 aliphatic heterocycles. The van der Waals surface area contributed by atoms with E-state index < -0.39 is 29.9 Å². The van der Waals surface area contributed by atoms with Gasteiger partial charge in [-0.25, -0.2) is 0 Å². The third kappa shape index (κ3) is 4.15. The molecule has 0 aliphatic carbocycles. The number of nitrogen functional groups attached to an aromatic ring is 2. The summed E-state index contributed by atoms with van der Waals surface area (Å²) in [5.41, 5.74) is 9.53. The molecule has 0 unspecified atom stereocenters. The lowest BCUT2D eigenvalue weighted by atomic mass is 10.0. The quantitative estimate of drug-likeness (QED) is 0.638. The lowest BCUT2D eigenvalue weighted by Crippen LogP contribution is -2.20. The molecule has 0 aromatic heterocycles. The van der Waals surface area contributed by atoms with E-state index in [1.165, 1.54) is 12.1 Å². The average molecular weight is 352 g/mol. The SMILES string of the molecule is Nc1ccc(-c2ccccc2OC(F)(F)F)c(OC(F)(F)F)c1N. The number of hydrogen-bond acceptors (Lipinski definition) is 4. The number of halogens is 6. The number of rotatable bonds is 3. The monoisotopic (exact) mass is 352 g/mol. The molecule has 0 spiro atoms. The fourth-order valence-corrected chi connectivity index (χ4v) is 1.96. The van der Waals surface area contributed by atoms with Crippen LogP contribution in [0.15, 0.2) is 36.4 Å². The summed E-state index contributed by atoms with van der Waals surface area (Å²) >= 11 is 0. The van der Waals surface area contributed by atoms with Crippen molar-refractivity contribution in [2.24, 2.45) is 0 Å². The number of anilines is 2. The van der Waals surface area contributed by atoms with Gasteiger partial charge in [-0.15, -0.1) is 26.3 Å². The number of ether oxygens (including phenoxy) is 2. The maximum atomic E-state index is 12.6. The van der Waals surface area contributed by atoms with E-state index in [0.717, 1.165) is 24.3 Å². The van der Waals surface area contributed by atoms with Crippen molar-refractivity contribution in [3.05, 3.63) is 36.4 Å². The molecular weight excluding hydrogens is 342 g/mol. The Morgan fingerprint density at radius 1 is 0.708 bits per heavy atom. The van der Waals surface area contributed by atoms with Crippen molar-refractivity contribution in [3.8, 4) is 22.6 Å². The van der Waals surface area contributed by atoms with Gasteiger partial charge in [-0.1, -0.05) is 18.2 Å². The summed E-state index contributed by atoms with van der Waals surface area (Å²) < 4.78 is 82.9. The molecule has 2 aromatic rings. The summed E-state index contributed by atoms with van der Waals surface area (Å²) in [6, 6.07) is 6.85. The molecule has 130 valence electrons. The molecular formula is C14H10F6N2O2. The van der Waals surface area contributed by atoms with Crippen molar-refractivity contribution in [2.45, 2.75) is 12.7 Å². The van der Waals surface area contributed by atoms with Crippen LogP contribution < -0.4 is 20.9 Å². The van der Waals surface area contributed by atoms with Gasteiger partial charge in [0.1, 0.15) is 5.75 Å². The van der Waals surface area contributed by atoms with Crippen LogP contribution >= 0.6 is 0 Å². The van der Waals surface area contributed by atoms with Gasteiger partial charge in [-0.2, -0.15) is 0 Å². The average Bonchev–Trinajstić information content (AvgIpc) is 2.42. The van der Waals surface area contributed by atoms with Crippen LogP contribution in [0.1, 0.15) is 0 Å². The highest BCUT2D eigenvalue weighted by Crippen LogP contribution is 2.44. The first-order valence-electron chi connectivity index (χ1n) is 6.27. The van der Waals surface area contributed by atoms with E-state index in [1.54, 1.807) is 0 Å². The van der Waals surface area contributed by atoms with E-state index in [0.29, 0.717) is 0 Å². The van der Waals surface area contributed by atoms with Crippen LogP contribution in [0.4, 0.5) is 37.7 Å². The molecule has 4 N–H and O–H groups in total. The molecule has 2 rings (SSSR count). The first-order valence-corrected chi connectivity index (χ1v) is 6.27. The van der Waals surface area contributed by atoms with E-state index in [-0.39, 0.29) is 16.8 Å². The standard InChI is InChI=1S/C14H10F6N2O2/c15-13(16,17)23-10-4-2-1-3-7(10)8-5-6-9(21)11(22)12(8)24-14(18,19)20/h1-6H,21-22H2. The summed E-state index contributed by atoms with van der Waals surface area (Å²) in [6.07, 6.45) is -10.1. The number of alkyl halides is 6. The van der Waals surface area contributed by atoms with Crippen molar-refractivity contribution >= 4 is 11.4 Å². The van der Waals surface area contributed by atoms with Crippen LogP contribution in [0, 0.1) is 0 Å². The number of hydrogen-bond donors (Lipinski definition) is 2. The summed E-state index contributed by atoms with van der Waals surface area (Å²) in [5, 5.41) is 0. The molecule has 0 heterocycles. The first kappa shape index (κ1) is 17.6. The Morgan fingerprint density at radius 2 is 1.29 bits per heavy atom. The molecule has 0 amide bonds. The van der Waals surface area contributed by atoms with E-state index in [1.807, 2.05) is 0 Å². The molecule has 0 fully saturated rings. The van der Waals surface area contributed by atoms with E-state index in [4.69, 9.17) is 11.5 Å². The van der Waals surface area contributed by atoms with Gasteiger partial charge < -0.3 is 20.9 Å². The molecule has 0 saturated heterocycles. The second kappa shape index (κ2) is 6.02. The molecule has 0 saturated carbocycles. The zero-order valence-corrected chi connectivity index (χ0v) is 11.7. The molecule has 10 heteroatoms. The normalized spacial score (nSPS) is 12.1. The minimum absolute atomic E-state index is 0.216. The van der Waals surface area contributed by atoms with Gasteiger partial charge in [-0.3, -0.25) is 0 Å². The molecule has 0 radical (unpaired) electrons. The van der Waals surface area contributed by atoms with Crippen LogP contribution in [-0.4, -0.2) is 12.7 Å². The Balaban J connectivity index is 2.63. The first-order chi connectivity index (χ1) is 11.0. The van der Waals surface area contributed by atoms with Crippen molar-refractivity contribution < 1.29 is 35.8 Å². The lowest BCUT2D eigenvalue weighted by Gasteiger charge is -2.19. The van der Waals surface area contributed by atoms with Crippen molar-refractivity contribution in [1.82, 2.24) is 0 Å². The minimum Gasteiger partial charge on any atom is -0.405 e. The molecule has 24 heavy (non-hydrogen) atoms. The Kier molecular flexibility index (Phi) is 4.41. The molecule has 0 atom stereocenters. The highest BCUT2D eigenvalue weighted by molar-refractivity contribution is 5.86.